The summed E-state index contributed by atoms with van der Waals surface area (Å²) < 4.78 is 7.10. The Balaban J connectivity index is 1.38. The van der Waals surface area contributed by atoms with Gasteiger partial charge in [0.1, 0.15) is 5.52 Å². The lowest BCUT2D eigenvalue weighted by atomic mass is 10.1. The molecule has 7 heteroatoms. The van der Waals surface area contributed by atoms with Crippen molar-refractivity contribution in [3.05, 3.63) is 72.9 Å². The molecule has 1 aliphatic heterocycles. The fourth-order valence-corrected chi connectivity index (χ4v) is 3.58. The average Bonchev–Trinajstić information content (AvgIpc) is 3.44. The number of nitrogens with zero attached hydrogens (tertiary/aromatic N) is 5. The zero-order chi connectivity index (χ0) is 18.9. The van der Waals surface area contributed by atoms with Crippen LogP contribution in [0.1, 0.15) is 10.6 Å². The number of rotatable bonds is 3. The molecule has 1 amide bonds. The maximum atomic E-state index is 12.5. The Hall–Kier alpha value is -3.61. The van der Waals surface area contributed by atoms with E-state index in [9.17, 15) is 4.79 Å². The number of anilines is 1. The minimum absolute atomic E-state index is 0.0634. The summed E-state index contributed by atoms with van der Waals surface area (Å²) in [6.07, 6.45) is 5.16. The molecule has 0 saturated carbocycles. The first kappa shape index (κ1) is 16.6. The molecule has 0 N–H and O–H groups in total. The third-order valence-electron chi connectivity index (χ3n) is 5.04. The van der Waals surface area contributed by atoms with Crippen molar-refractivity contribution in [2.24, 2.45) is 0 Å². The van der Waals surface area contributed by atoms with Crippen LogP contribution in [0.5, 0.6) is 0 Å². The van der Waals surface area contributed by atoms with Crippen LogP contribution in [0.25, 0.3) is 16.8 Å². The van der Waals surface area contributed by atoms with E-state index in [-0.39, 0.29) is 5.91 Å². The van der Waals surface area contributed by atoms with Crippen molar-refractivity contribution in [2.75, 3.05) is 31.1 Å². The molecule has 4 aromatic rings. The van der Waals surface area contributed by atoms with Gasteiger partial charge in [0, 0.05) is 44.1 Å². The van der Waals surface area contributed by atoms with Gasteiger partial charge in [-0.1, -0.05) is 30.3 Å². The number of hydrogen-bond donors (Lipinski definition) is 0. The van der Waals surface area contributed by atoms with Crippen LogP contribution < -0.4 is 4.90 Å². The minimum atomic E-state index is -0.0634. The monoisotopic (exact) mass is 373 g/mol. The van der Waals surface area contributed by atoms with Crippen LogP contribution in [0.3, 0.4) is 0 Å². The summed E-state index contributed by atoms with van der Waals surface area (Å²) in [5.74, 6) is 1.21. The van der Waals surface area contributed by atoms with E-state index in [0.29, 0.717) is 31.9 Å². The Kier molecular flexibility index (Phi) is 4.05. The first-order valence-corrected chi connectivity index (χ1v) is 9.27. The van der Waals surface area contributed by atoms with Gasteiger partial charge in [0.05, 0.1) is 12.0 Å². The van der Waals surface area contributed by atoms with Gasteiger partial charge < -0.3 is 14.2 Å². The highest BCUT2D eigenvalue weighted by Gasteiger charge is 2.25. The molecule has 4 heterocycles. The lowest BCUT2D eigenvalue weighted by Gasteiger charge is -2.35. The summed E-state index contributed by atoms with van der Waals surface area (Å²) in [7, 11) is 0. The zero-order valence-corrected chi connectivity index (χ0v) is 15.2. The molecule has 3 aromatic heterocycles. The summed E-state index contributed by atoms with van der Waals surface area (Å²) in [5, 5.41) is 4.69. The molecule has 0 bridgehead atoms. The Morgan fingerprint density at radius 3 is 2.57 bits per heavy atom. The predicted octanol–water partition coefficient (Wildman–Crippen LogP) is 2.95. The summed E-state index contributed by atoms with van der Waals surface area (Å²) in [6.45, 7) is 2.68. The molecule has 0 atom stereocenters. The van der Waals surface area contributed by atoms with Crippen molar-refractivity contribution >= 4 is 17.2 Å². The molecule has 140 valence electrons. The molecule has 7 nitrogen and oxygen atoms in total. The molecule has 1 saturated heterocycles. The molecule has 1 aromatic carbocycles. The van der Waals surface area contributed by atoms with Gasteiger partial charge in [0.25, 0.3) is 5.91 Å². The second-order valence-corrected chi connectivity index (χ2v) is 6.73. The standard InChI is InChI=1S/C21H19N5O2/c27-21(19-7-4-14-28-19)25-12-10-24(11-13-25)20-18-15-17(16-5-2-1-3-6-16)23-26(18)9-8-22-20/h1-9,14-15H,10-13H2. The fraction of sp³-hybridized carbons (Fsp3) is 0.190. The predicted molar refractivity (Wildman–Crippen MR) is 105 cm³/mol. The number of carbonyl (C=O) groups is 1. The number of aromatic nitrogens is 3. The van der Waals surface area contributed by atoms with Gasteiger partial charge >= 0.3 is 0 Å². The number of hydrogen-bond acceptors (Lipinski definition) is 5. The largest absolute Gasteiger partial charge is 0.459 e. The van der Waals surface area contributed by atoms with Crippen LogP contribution in [0.4, 0.5) is 5.82 Å². The highest BCUT2D eigenvalue weighted by atomic mass is 16.3. The molecule has 0 spiro atoms. The van der Waals surface area contributed by atoms with Crippen molar-refractivity contribution in [2.45, 2.75) is 0 Å². The number of amides is 1. The number of fused-ring (bicyclic) bond motifs is 1. The number of carbonyl (C=O) groups excluding carboxylic acids is 1. The zero-order valence-electron chi connectivity index (χ0n) is 15.2. The van der Waals surface area contributed by atoms with Gasteiger partial charge in [-0.2, -0.15) is 5.10 Å². The van der Waals surface area contributed by atoms with Gasteiger partial charge in [0.15, 0.2) is 11.6 Å². The van der Waals surface area contributed by atoms with Crippen molar-refractivity contribution in [3.8, 4) is 11.3 Å². The van der Waals surface area contributed by atoms with Crippen LogP contribution in [-0.2, 0) is 0 Å². The van der Waals surface area contributed by atoms with Gasteiger partial charge in [0.2, 0.25) is 0 Å². The second-order valence-electron chi connectivity index (χ2n) is 6.73. The Bertz CT molecular complexity index is 1100. The van der Waals surface area contributed by atoms with Crippen molar-refractivity contribution in [1.29, 1.82) is 0 Å². The molecule has 5 rings (SSSR count). The Morgan fingerprint density at radius 1 is 1.00 bits per heavy atom. The second kappa shape index (κ2) is 6.84. The number of benzene rings is 1. The lowest BCUT2D eigenvalue weighted by molar-refractivity contribution is 0.0714. The van der Waals surface area contributed by atoms with Crippen molar-refractivity contribution < 1.29 is 9.21 Å². The van der Waals surface area contributed by atoms with Crippen molar-refractivity contribution in [3.63, 3.8) is 0 Å². The molecular weight excluding hydrogens is 354 g/mol. The van der Waals surface area contributed by atoms with Gasteiger partial charge in [-0.05, 0) is 18.2 Å². The van der Waals surface area contributed by atoms with E-state index in [1.54, 1.807) is 18.3 Å². The average molecular weight is 373 g/mol. The van der Waals surface area contributed by atoms with Crippen LogP contribution in [0.2, 0.25) is 0 Å². The first-order chi connectivity index (χ1) is 13.8. The molecule has 0 aliphatic carbocycles. The van der Waals surface area contributed by atoms with Gasteiger partial charge in [-0.3, -0.25) is 4.79 Å². The fourth-order valence-electron chi connectivity index (χ4n) is 3.58. The summed E-state index contributed by atoms with van der Waals surface area (Å²) >= 11 is 0. The van der Waals surface area contributed by atoms with Crippen LogP contribution in [0, 0.1) is 0 Å². The SMILES string of the molecule is O=C(c1ccco1)N1CCN(c2nccn3nc(-c4ccccc4)cc23)CC1. The molecular formula is C21H19N5O2. The molecule has 28 heavy (non-hydrogen) atoms. The summed E-state index contributed by atoms with van der Waals surface area (Å²) in [6, 6.07) is 15.6. The van der Waals surface area contributed by atoms with Crippen LogP contribution in [-0.4, -0.2) is 51.6 Å². The minimum Gasteiger partial charge on any atom is -0.459 e. The molecule has 1 aliphatic rings. The highest BCUT2D eigenvalue weighted by Crippen LogP contribution is 2.25. The quantitative estimate of drug-likeness (QED) is 0.552. The van der Waals surface area contributed by atoms with E-state index in [1.165, 1.54) is 6.26 Å². The van der Waals surface area contributed by atoms with Crippen LogP contribution in [0.15, 0.2) is 71.6 Å². The molecule has 0 radical (unpaired) electrons. The Morgan fingerprint density at radius 2 is 1.82 bits per heavy atom. The topological polar surface area (TPSA) is 66.9 Å². The third-order valence-corrected chi connectivity index (χ3v) is 5.04. The molecule has 0 unspecified atom stereocenters. The third kappa shape index (κ3) is 2.90. The van der Waals surface area contributed by atoms with E-state index in [2.05, 4.69) is 21.0 Å². The van der Waals surface area contributed by atoms with E-state index >= 15 is 0 Å². The smallest absolute Gasteiger partial charge is 0.289 e. The summed E-state index contributed by atoms with van der Waals surface area (Å²) in [4.78, 5) is 21.1. The maximum Gasteiger partial charge on any atom is 0.289 e. The molecule has 1 fully saturated rings. The number of piperazine rings is 1. The van der Waals surface area contributed by atoms with E-state index in [4.69, 9.17) is 4.42 Å². The number of furan rings is 1. The van der Waals surface area contributed by atoms with Gasteiger partial charge in [-0.25, -0.2) is 9.50 Å². The van der Waals surface area contributed by atoms with Gasteiger partial charge in [-0.15, -0.1) is 0 Å². The van der Waals surface area contributed by atoms with E-state index in [0.717, 1.165) is 22.6 Å². The maximum absolute atomic E-state index is 12.5. The lowest BCUT2D eigenvalue weighted by Crippen LogP contribution is -2.49. The summed E-state index contributed by atoms with van der Waals surface area (Å²) in [5.41, 5.74) is 2.96. The highest BCUT2D eigenvalue weighted by molar-refractivity contribution is 5.91. The Labute approximate surface area is 161 Å². The first-order valence-electron chi connectivity index (χ1n) is 9.27. The van der Waals surface area contributed by atoms with E-state index in [1.807, 2.05) is 45.9 Å². The normalized spacial score (nSPS) is 14.6. The van der Waals surface area contributed by atoms with Crippen molar-refractivity contribution in [1.82, 2.24) is 19.5 Å². The van der Waals surface area contributed by atoms with Crippen LogP contribution >= 0.6 is 0 Å². The van der Waals surface area contributed by atoms with E-state index < -0.39 is 0 Å².